The summed E-state index contributed by atoms with van der Waals surface area (Å²) >= 11 is 13.8. The Kier molecular flexibility index (Phi) is 3.43. The molecule has 0 saturated heterocycles. The minimum atomic E-state index is 0.328. The first-order chi connectivity index (χ1) is 9.19. The third-order valence-corrected chi connectivity index (χ3v) is 4.13. The Morgan fingerprint density at radius 1 is 1.32 bits per heavy atom. The number of aromatic nitrogens is 4. The van der Waals surface area contributed by atoms with Gasteiger partial charge >= 0.3 is 0 Å². The number of rotatable bonds is 3. The molecular formula is C12H10Cl2N4S. The standard InChI is InChI=1S/C12H10Cl2N4S/c1-7-16-8(6-19-7)5-18-11(2-13)17-10-4-15-3-9(14)12(10)18/h3-4,6H,2,5H2,1H3. The summed E-state index contributed by atoms with van der Waals surface area (Å²) in [6.07, 6.45) is 3.31. The van der Waals surface area contributed by atoms with Crippen molar-refractivity contribution in [2.75, 3.05) is 0 Å². The number of nitrogens with zero attached hydrogens (tertiary/aromatic N) is 4. The molecule has 98 valence electrons. The highest BCUT2D eigenvalue weighted by atomic mass is 35.5. The van der Waals surface area contributed by atoms with Crippen LogP contribution in [0.4, 0.5) is 0 Å². The molecule has 0 aliphatic carbocycles. The summed E-state index contributed by atoms with van der Waals surface area (Å²) in [4.78, 5) is 13.0. The van der Waals surface area contributed by atoms with E-state index in [0.717, 1.165) is 27.6 Å². The van der Waals surface area contributed by atoms with E-state index in [1.165, 1.54) is 0 Å². The number of thiazole rings is 1. The Hall–Kier alpha value is -1.17. The predicted molar refractivity (Wildman–Crippen MR) is 78.0 cm³/mol. The normalized spacial score (nSPS) is 11.3. The molecule has 3 heterocycles. The molecule has 0 N–H and O–H groups in total. The number of fused-ring (bicyclic) bond motifs is 1. The Morgan fingerprint density at radius 3 is 2.84 bits per heavy atom. The minimum Gasteiger partial charge on any atom is -0.320 e. The summed E-state index contributed by atoms with van der Waals surface area (Å²) in [5.74, 6) is 1.10. The van der Waals surface area contributed by atoms with Gasteiger partial charge in [0.25, 0.3) is 0 Å². The summed E-state index contributed by atoms with van der Waals surface area (Å²) < 4.78 is 2.00. The van der Waals surface area contributed by atoms with Crippen LogP contribution in [-0.2, 0) is 12.4 Å². The summed E-state index contributed by atoms with van der Waals surface area (Å²) in [6, 6.07) is 0. The number of pyridine rings is 1. The smallest absolute Gasteiger partial charge is 0.125 e. The molecule has 0 amide bonds. The van der Waals surface area contributed by atoms with Crippen molar-refractivity contribution in [3.63, 3.8) is 0 Å². The fraction of sp³-hybridized carbons (Fsp3) is 0.250. The van der Waals surface area contributed by atoms with E-state index in [4.69, 9.17) is 23.2 Å². The van der Waals surface area contributed by atoms with E-state index in [1.54, 1.807) is 23.7 Å². The third kappa shape index (κ3) is 2.33. The maximum absolute atomic E-state index is 6.22. The highest BCUT2D eigenvalue weighted by Gasteiger charge is 2.14. The van der Waals surface area contributed by atoms with E-state index >= 15 is 0 Å². The van der Waals surface area contributed by atoms with Crippen molar-refractivity contribution in [1.82, 2.24) is 19.5 Å². The van der Waals surface area contributed by atoms with Gasteiger partial charge in [0.05, 0.1) is 39.9 Å². The monoisotopic (exact) mass is 312 g/mol. The van der Waals surface area contributed by atoms with Gasteiger partial charge in [-0.3, -0.25) is 4.98 Å². The summed E-state index contributed by atoms with van der Waals surface area (Å²) in [6.45, 7) is 2.60. The van der Waals surface area contributed by atoms with Crippen molar-refractivity contribution in [3.05, 3.63) is 39.3 Å². The SMILES string of the molecule is Cc1nc(Cn2c(CCl)nc3cncc(Cl)c32)cs1. The lowest BCUT2D eigenvalue weighted by molar-refractivity contribution is 0.761. The second-order valence-corrected chi connectivity index (χ2v) is 5.83. The molecule has 3 rings (SSSR count). The summed E-state index contributed by atoms with van der Waals surface area (Å²) in [5.41, 5.74) is 2.61. The van der Waals surface area contributed by atoms with Gasteiger partial charge in [-0.2, -0.15) is 0 Å². The lowest BCUT2D eigenvalue weighted by atomic mass is 10.4. The number of hydrogen-bond acceptors (Lipinski definition) is 4. The van der Waals surface area contributed by atoms with E-state index in [-0.39, 0.29) is 0 Å². The van der Waals surface area contributed by atoms with Gasteiger partial charge in [-0.05, 0) is 6.92 Å². The molecular weight excluding hydrogens is 303 g/mol. The van der Waals surface area contributed by atoms with E-state index in [9.17, 15) is 0 Å². The van der Waals surface area contributed by atoms with Gasteiger partial charge in [-0.1, -0.05) is 11.6 Å². The van der Waals surface area contributed by atoms with Gasteiger partial charge in [0.2, 0.25) is 0 Å². The molecule has 0 atom stereocenters. The first-order valence-electron chi connectivity index (χ1n) is 5.64. The molecule has 0 spiro atoms. The molecule has 0 aliphatic rings. The van der Waals surface area contributed by atoms with Crippen molar-refractivity contribution in [1.29, 1.82) is 0 Å². The Bertz CT molecular complexity index is 734. The second-order valence-electron chi connectivity index (χ2n) is 4.09. The highest BCUT2D eigenvalue weighted by Crippen LogP contribution is 2.25. The molecule has 0 aliphatic heterocycles. The van der Waals surface area contributed by atoms with Crippen LogP contribution in [0.5, 0.6) is 0 Å². The quantitative estimate of drug-likeness (QED) is 0.693. The maximum Gasteiger partial charge on any atom is 0.125 e. The van der Waals surface area contributed by atoms with Crippen LogP contribution in [0.15, 0.2) is 17.8 Å². The first kappa shape index (κ1) is 12.8. The average Bonchev–Trinajstić information content (AvgIpc) is 2.95. The van der Waals surface area contributed by atoms with Gasteiger partial charge in [-0.25, -0.2) is 9.97 Å². The van der Waals surface area contributed by atoms with Gasteiger partial charge in [0, 0.05) is 11.6 Å². The zero-order chi connectivity index (χ0) is 13.4. The molecule has 0 fully saturated rings. The fourth-order valence-corrected chi connectivity index (χ4v) is 3.07. The minimum absolute atomic E-state index is 0.328. The van der Waals surface area contributed by atoms with Crippen LogP contribution in [0.3, 0.4) is 0 Å². The number of imidazole rings is 1. The number of aryl methyl sites for hydroxylation is 1. The van der Waals surface area contributed by atoms with Crippen LogP contribution in [0.1, 0.15) is 16.5 Å². The highest BCUT2D eigenvalue weighted by molar-refractivity contribution is 7.09. The largest absolute Gasteiger partial charge is 0.320 e. The molecule has 7 heteroatoms. The van der Waals surface area contributed by atoms with Gasteiger partial charge in [-0.15, -0.1) is 22.9 Å². The van der Waals surface area contributed by atoms with Gasteiger partial charge < -0.3 is 4.57 Å². The van der Waals surface area contributed by atoms with Crippen molar-refractivity contribution in [3.8, 4) is 0 Å². The Labute approximate surface area is 124 Å². The second kappa shape index (κ2) is 5.07. The maximum atomic E-state index is 6.22. The molecule has 0 aromatic carbocycles. The zero-order valence-electron chi connectivity index (χ0n) is 10.1. The van der Waals surface area contributed by atoms with E-state index in [1.807, 2.05) is 16.9 Å². The molecule has 0 unspecified atom stereocenters. The first-order valence-corrected chi connectivity index (χ1v) is 7.44. The number of alkyl halides is 1. The van der Waals surface area contributed by atoms with Crippen molar-refractivity contribution in [2.24, 2.45) is 0 Å². The fourth-order valence-electron chi connectivity index (χ4n) is 2.01. The number of hydrogen-bond donors (Lipinski definition) is 0. The van der Waals surface area contributed by atoms with E-state index in [2.05, 4.69) is 15.0 Å². The van der Waals surface area contributed by atoms with Crippen LogP contribution >= 0.6 is 34.5 Å². The van der Waals surface area contributed by atoms with Crippen molar-refractivity contribution in [2.45, 2.75) is 19.3 Å². The molecule has 4 nitrogen and oxygen atoms in total. The van der Waals surface area contributed by atoms with E-state index < -0.39 is 0 Å². The van der Waals surface area contributed by atoms with Crippen molar-refractivity contribution >= 4 is 45.6 Å². The molecule has 0 bridgehead atoms. The zero-order valence-corrected chi connectivity index (χ0v) is 12.4. The number of halogens is 2. The van der Waals surface area contributed by atoms with Gasteiger partial charge in [0.15, 0.2) is 0 Å². The molecule has 19 heavy (non-hydrogen) atoms. The van der Waals surface area contributed by atoms with Crippen molar-refractivity contribution < 1.29 is 0 Å². The Morgan fingerprint density at radius 2 is 2.16 bits per heavy atom. The van der Waals surface area contributed by atoms with Crippen LogP contribution in [0.25, 0.3) is 11.0 Å². The molecule has 3 aromatic heterocycles. The summed E-state index contributed by atoms with van der Waals surface area (Å²) in [7, 11) is 0. The topological polar surface area (TPSA) is 43.6 Å². The van der Waals surface area contributed by atoms with Crippen LogP contribution in [0, 0.1) is 6.92 Å². The molecule has 0 saturated carbocycles. The van der Waals surface area contributed by atoms with Crippen LogP contribution < -0.4 is 0 Å². The van der Waals surface area contributed by atoms with Crippen LogP contribution in [0.2, 0.25) is 5.02 Å². The van der Waals surface area contributed by atoms with Crippen LogP contribution in [-0.4, -0.2) is 19.5 Å². The van der Waals surface area contributed by atoms with Gasteiger partial charge in [0.1, 0.15) is 11.3 Å². The molecule has 0 radical (unpaired) electrons. The lowest BCUT2D eigenvalue weighted by Crippen LogP contribution is -2.04. The molecule has 3 aromatic rings. The predicted octanol–water partition coefficient (Wildman–Crippen LogP) is 3.64. The Balaban J connectivity index is 2.15. The lowest BCUT2D eigenvalue weighted by Gasteiger charge is -2.06. The summed E-state index contributed by atoms with van der Waals surface area (Å²) in [5, 5.41) is 3.65. The van der Waals surface area contributed by atoms with E-state index in [0.29, 0.717) is 17.4 Å². The third-order valence-electron chi connectivity index (χ3n) is 2.79. The average molecular weight is 313 g/mol.